The molecule has 0 aromatic heterocycles. The Morgan fingerprint density at radius 2 is 1.94 bits per heavy atom. The van der Waals surface area contributed by atoms with Gasteiger partial charge in [0, 0.05) is 5.92 Å². The molecule has 1 rings (SSSR count). The van der Waals surface area contributed by atoms with Crippen LogP contribution in [0, 0.1) is 5.92 Å². The molecule has 0 aliphatic rings. The minimum absolute atomic E-state index is 0.180. The minimum atomic E-state index is 0.180. The Kier molecular flexibility index (Phi) is 5.85. The van der Waals surface area contributed by atoms with Crippen molar-refractivity contribution in [2.24, 2.45) is 5.92 Å². The van der Waals surface area contributed by atoms with Gasteiger partial charge in [-0.15, -0.1) is 0 Å². The fraction of sp³-hybridized carbons (Fsp3) is 0.429. The van der Waals surface area contributed by atoms with E-state index in [-0.39, 0.29) is 12.8 Å². The summed E-state index contributed by atoms with van der Waals surface area (Å²) in [6.45, 7) is 11.4. The van der Waals surface area contributed by atoms with Gasteiger partial charge in [-0.3, -0.25) is 0 Å². The maximum Gasteiger partial charge on any atom is 0.351 e. The third kappa shape index (κ3) is 5.59. The lowest BCUT2D eigenvalue weighted by Crippen LogP contribution is -2.15. The molecule has 0 fully saturated rings. The summed E-state index contributed by atoms with van der Waals surface area (Å²) in [6.07, 6.45) is 0. The molecule has 92 valence electrons. The normalized spacial score (nSPS) is 11.9. The van der Waals surface area contributed by atoms with Crippen molar-refractivity contribution in [2.75, 3.05) is 6.61 Å². The molecule has 0 N–H and O–H groups in total. The second kappa shape index (κ2) is 7.18. The summed E-state index contributed by atoms with van der Waals surface area (Å²) in [5.41, 5.74) is 1.19. The Labute approximate surface area is 105 Å². The molecular weight excluding hydrogens is 211 g/mol. The third-order valence-corrected chi connectivity index (χ3v) is 2.42. The molecule has 1 aromatic rings. The van der Waals surface area contributed by atoms with E-state index in [2.05, 4.69) is 25.6 Å². The van der Waals surface area contributed by atoms with Crippen molar-refractivity contribution in [3.8, 4) is 0 Å². The van der Waals surface area contributed by atoms with E-state index >= 15 is 0 Å². The van der Waals surface area contributed by atoms with Crippen molar-refractivity contribution < 1.29 is 9.39 Å². The van der Waals surface area contributed by atoms with Crippen LogP contribution in [0.15, 0.2) is 42.7 Å². The van der Waals surface area contributed by atoms with Crippen molar-refractivity contribution in [3.05, 3.63) is 48.2 Å². The lowest BCUT2D eigenvalue weighted by molar-refractivity contribution is 0.0913. The van der Waals surface area contributed by atoms with E-state index in [0.717, 1.165) is 5.76 Å². The summed E-state index contributed by atoms with van der Waals surface area (Å²) in [5, 5.41) is 0. The molecule has 0 saturated carbocycles. The van der Waals surface area contributed by atoms with E-state index in [1.165, 1.54) is 5.56 Å². The first-order valence-corrected chi connectivity index (χ1v) is 6.06. The van der Waals surface area contributed by atoms with Crippen molar-refractivity contribution in [2.45, 2.75) is 27.2 Å². The molecule has 0 unspecified atom stereocenters. The molecule has 17 heavy (non-hydrogen) atoms. The van der Waals surface area contributed by atoms with E-state index < -0.39 is 0 Å². The fourth-order valence-corrected chi connectivity index (χ4v) is 1.44. The zero-order valence-corrected chi connectivity index (χ0v) is 11.0. The molecule has 0 aliphatic carbocycles. The van der Waals surface area contributed by atoms with E-state index in [9.17, 15) is 0 Å². The number of benzene rings is 1. The molecule has 1 atom stereocenters. The van der Waals surface area contributed by atoms with Gasteiger partial charge < -0.3 is 9.39 Å². The fourth-order valence-electron chi connectivity index (χ4n) is 1.44. The van der Waals surface area contributed by atoms with Crippen LogP contribution < -0.4 is 0 Å². The number of ether oxygens (including phenoxy) is 1. The zero-order valence-electron chi connectivity index (χ0n) is 11.0. The van der Waals surface area contributed by atoms with Crippen LogP contribution in [0.4, 0.5) is 0 Å². The minimum Gasteiger partial charge on any atom is -0.564 e. The van der Waals surface area contributed by atoms with Crippen molar-refractivity contribution in [1.29, 1.82) is 0 Å². The van der Waals surface area contributed by atoms with Crippen LogP contribution >= 0.6 is 0 Å². The highest BCUT2D eigenvalue weighted by Crippen LogP contribution is 2.12. The molecule has 0 heterocycles. The molecule has 3 heteroatoms. The topological polar surface area (TPSA) is 18.5 Å². The first-order chi connectivity index (χ1) is 8.09. The van der Waals surface area contributed by atoms with Gasteiger partial charge in [0.2, 0.25) is 0 Å². The molecular formula is C14H21BO2. The highest BCUT2D eigenvalue weighted by atomic mass is 16.5. The SMILES string of the molecule is C=C(OB(C)C)[C@H](C)COCc1ccccc1. The zero-order chi connectivity index (χ0) is 12.7. The highest BCUT2D eigenvalue weighted by molar-refractivity contribution is 6.48. The second-order valence-corrected chi connectivity index (χ2v) is 4.53. The molecule has 0 saturated heterocycles. The predicted molar refractivity (Wildman–Crippen MR) is 73.0 cm³/mol. The van der Waals surface area contributed by atoms with E-state index in [4.69, 9.17) is 9.39 Å². The molecule has 1 aromatic carbocycles. The maximum atomic E-state index is 5.64. The second-order valence-electron chi connectivity index (χ2n) is 4.53. The average molecular weight is 232 g/mol. The Balaban J connectivity index is 2.24. The largest absolute Gasteiger partial charge is 0.564 e. The van der Waals surface area contributed by atoms with Gasteiger partial charge in [-0.1, -0.05) is 43.8 Å². The number of hydrogen-bond acceptors (Lipinski definition) is 2. The Morgan fingerprint density at radius 3 is 2.53 bits per heavy atom. The van der Waals surface area contributed by atoms with E-state index in [1.807, 2.05) is 31.8 Å². The van der Waals surface area contributed by atoms with Crippen LogP contribution in [-0.2, 0) is 16.0 Å². The molecule has 0 spiro atoms. The van der Waals surface area contributed by atoms with Crippen LogP contribution in [-0.4, -0.2) is 13.5 Å². The lowest BCUT2D eigenvalue weighted by atomic mass is 9.75. The summed E-state index contributed by atoms with van der Waals surface area (Å²) < 4.78 is 11.2. The smallest absolute Gasteiger partial charge is 0.351 e. The van der Waals surface area contributed by atoms with Crippen LogP contribution in [0.2, 0.25) is 13.6 Å². The molecule has 0 aliphatic heterocycles. The van der Waals surface area contributed by atoms with Gasteiger partial charge in [0.1, 0.15) is 0 Å². The lowest BCUT2D eigenvalue weighted by Gasteiger charge is -2.18. The standard InChI is InChI=1S/C14H21BO2/c1-12(13(2)17-15(3)4)10-16-11-14-8-6-5-7-9-14/h5-9,12H,2,10-11H2,1,3-4H3/t12-/m1/s1. The van der Waals surface area contributed by atoms with Gasteiger partial charge in [0.25, 0.3) is 0 Å². The Bertz CT molecular complexity index is 335. The maximum absolute atomic E-state index is 5.64. The molecule has 0 bridgehead atoms. The van der Waals surface area contributed by atoms with E-state index in [1.54, 1.807) is 0 Å². The van der Waals surface area contributed by atoms with E-state index in [0.29, 0.717) is 13.2 Å². The Morgan fingerprint density at radius 1 is 1.29 bits per heavy atom. The monoisotopic (exact) mass is 232 g/mol. The summed E-state index contributed by atoms with van der Waals surface area (Å²) >= 11 is 0. The van der Waals surface area contributed by atoms with Gasteiger partial charge >= 0.3 is 6.92 Å². The van der Waals surface area contributed by atoms with Crippen LogP contribution in [0.25, 0.3) is 0 Å². The first kappa shape index (κ1) is 13.8. The van der Waals surface area contributed by atoms with Crippen LogP contribution in [0.3, 0.4) is 0 Å². The van der Waals surface area contributed by atoms with Crippen LogP contribution in [0.5, 0.6) is 0 Å². The van der Waals surface area contributed by atoms with Gasteiger partial charge in [-0.05, 0) is 19.2 Å². The van der Waals surface area contributed by atoms with Gasteiger partial charge in [-0.25, -0.2) is 0 Å². The van der Waals surface area contributed by atoms with Crippen molar-refractivity contribution in [3.63, 3.8) is 0 Å². The van der Waals surface area contributed by atoms with Crippen LogP contribution in [0.1, 0.15) is 12.5 Å². The average Bonchev–Trinajstić information content (AvgIpc) is 2.29. The van der Waals surface area contributed by atoms with Gasteiger partial charge in [-0.2, -0.15) is 0 Å². The van der Waals surface area contributed by atoms with Gasteiger partial charge in [0.05, 0.1) is 19.0 Å². The van der Waals surface area contributed by atoms with Crippen molar-refractivity contribution in [1.82, 2.24) is 0 Å². The molecule has 0 amide bonds. The summed E-state index contributed by atoms with van der Waals surface area (Å²) in [7, 11) is 0. The molecule has 2 nitrogen and oxygen atoms in total. The Hall–Kier alpha value is -1.22. The van der Waals surface area contributed by atoms with Crippen molar-refractivity contribution >= 4 is 6.92 Å². The molecule has 0 radical (unpaired) electrons. The number of rotatable bonds is 7. The third-order valence-electron chi connectivity index (χ3n) is 2.42. The number of hydrogen-bond donors (Lipinski definition) is 0. The summed E-state index contributed by atoms with van der Waals surface area (Å²) in [5.74, 6) is 1.02. The highest BCUT2D eigenvalue weighted by Gasteiger charge is 2.11. The summed E-state index contributed by atoms with van der Waals surface area (Å²) in [4.78, 5) is 0. The predicted octanol–water partition coefficient (Wildman–Crippen LogP) is 3.62. The quantitative estimate of drug-likeness (QED) is 0.528. The first-order valence-electron chi connectivity index (χ1n) is 6.06. The van der Waals surface area contributed by atoms with Gasteiger partial charge in [0.15, 0.2) is 0 Å². The summed E-state index contributed by atoms with van der Waals surface area (Å²) in [6, 6.07) is 10.2.